The van der Waals surface area contributed by atoms with Gasteiger partial charge in [-0.2, -0.15) is 0 Å². The molecule has 2 aromatic rings. The second-order valence-corrected chi connectivity index (χ2v) is 4.02. The van der Waals surface area contributed by atoms with Crippen LogP contribution in [0.15, 0.2) is 48.8 Å². The van der Waals surface area contributed by atoms with E-state index in [1.807, 2.05) is 37.5 Å². The normalized spacial score (nSPS) is 12.4. The average Bonchev–Trinajstić information content (AvgIpc) is 2.31. The number of rotatable bonds is 3. The Morgan fingerprint density at radius 2 is 1.81 bits per heavy atom. The van der Waals surface area contributed by atoms with Crippen molar-refractivity contribution in [3.63, 3.8) is 0 Å². The van der Waals surface area contributed by atoms with Crippen LogP contribution in [0.3, 0.4) is 0 Å². The van der Waals surface area contributed by atoms with E-state index in [0.717, 1.165) is 6.42 Å². The molecule has 0 aliphatic carbocycles. The predicted octanol–water partition coefficient (Wildman–Crippen LogP) is 2.69. The molecule has 1 aromatic heterocycles. The van der Waals surface area contributed by atoms with Crippen molar-refractivity contribution in [3.05, 3.63) is 65.5 Å². The Kier molecular flexibility index (Phi) is 3.32. The van der Waals surface area contributed by atoms with Crippen LogP contribution in [0.25, 0.3) is 0 Å². The van der Waals surface area contributed by atoms with Gasteiger partial charge in [-0.15, -0.1) is 0 Å². The first kappa shape index (κ1) is 10.8. The second kappa shape index (κ2) is 4.90. The second-order valence-electron chi connectivity index (χ2n) is 4.02. The minimum absolute atomic E-state index is 0.0815. The van der Waals surface area contributed by atoms with Gasteiger partial charge in [0.2, 0.25) is 0 Å². The minimum atomic E-state index is 0.0815. The van der Waals surface area contributed by atoms with Gasteiger partial charge >= 0.3 is 0 Å². The van der Waals surface area contributed by atoms with Gasteiger partial charge in [-0.25, -0.2) is 0 Å². The summed E-state index contributed by atoms with van der Waals surface area (Å²) in [7, 11) is 0. The van der Waals surface area contributed by atoms with Gasteiger partial charge in [0.1, 0.15) is 0 Å². The van der Waals surface area contributed by atoms with Gasteiger partial charge in [-0.3, -0.25) is 4.98 Å². The Hall–Kier alpha value is -1.67. The molecule has 0 amide bonds. The molecule has 2 heteroatoms. The van der Waals surface area contributed by atoms with E-state index in [0.29, 0.717) is 0 Å². The van der Waals surface area contributed by atoms with Crippen molar-refractivity contribution in [1.82, 2.24) is 4.98 Å². The number of hydrogen-bond donors (Lipinski definition) is 1. The molecule has 0 saturated heterocycles. The maximum absolute atomic E-state index is 5.96. The molecule has 82 valence electrons. The van der Waals surface area contributed by atoms with Crippen LogP contribution in [-0.4, -0.2) is 4.98 Å². The highest BCUT2D eigenvalue weighted by Crippen LogP contribution is 2.18. The number of hydrogen-bond acceptors (Lipinski definition) is 2. The molecule has 0 fully saturated rings. The largest absolute Gasteiger partial charge is 0.324 e. The molecule has 2 rings (SSSR count). The first-order valence-corrected chi connectivity index (χ1v) is 5.49. The van der Waals surface area contributed by atoms with E-state index in [2.05, 4.69) is 23.2 Å². The summed E-state index contributed by atoms with van der Waals surface area (Å²) in [6.45, 7) is 2.02. The summed E-state index contributed by atoms with van der Waals surface area (Å²) in [5.41, 5.74) is 9.74. The smallest absolute Gasteiger partial charge is 0.0270 e. The Morgan fingerprint density at radius 1 is 1.12 bits per heavy atom. The molecule has 0 radical (unpaired) electrons. The molecule has 1 atom stereocenters. The van der Waals surface area contributed by atoms with Gasteiger partial charge < -0.3 is 5.73 Å². The maximum atomic E-state index is 5.96. The van der Waals surface area contributed by atoms with E-state index in [1.54, 1.807) is 0 Å². The Balaban J connectivity index is 2.28. The van der Waals surface area contributed by atoms with Crippen LogP contribution >= 0.6 is 0 Å². The van der Waals surface area contributed by atoms with Crippen LogP contribution in [-0.2, 0) is 6.42 Å². The molecule has 2 N–H and O–H groups in total. The number of aromatic nitrogens is 1. The van der Waals surface area contributed by atoms with Crippen LogP contribution in [0, 0.1) is 0 Å². The van der Waals surface area contributed by atoms with Crippen molar-refractivity contribution in [1.29, 1.82) is 0 Å². The molecular formula is C14H16N2. The summed E-state index contributed by atoms with van der Waals surface area (Å²) in [5, 5.41) is 0. The standard InChI is InChI=1S/C14H16N2/c1-11(15)14-5-3-2-4-13(14)10-12-6-8-16-9-7-12/h2-9,11H,10,15H2,1H3. The van der Waals surface area contributed by atoms with Crippen LogP contribution in [0.4, 0.5) is 0 Å². The quantitative estimate of drug-likeness (QED) is 0.849. The van der Waals surface area contributed by atoms with Crippen LogP contribution in [0.5, 0.6) is 0 Å². The van der Waals surface area contributed by atoms with Crippen molar-refractivity contribution in [2.75, 3.05) is 0 Å². The Morgan fingerprint density at radius 3 is 2.50 bits per heavy atom. The predicted molar refractivity (Wildman–Crippen MR) is 66.1 cm³/mol. The van der Waals surface area contributed by atoms with Crippen molar-refractivity contribution >= 4 is 0 Å². The highest BCUT2D eigenvalue weighted by Gasteiger charge is 2.06. The van der Waals surface area contributed by atoms with Crippen LogP contribution < -0.4 is 5.73 Å². The number of nitrogens with zero attached hydrogens (tertiary/aromatic N) is 1. The monoisotopic (exact) mass is 212 g/mol. The summed E-state index contributed by atoms with van der Waals surface area (Å²) in [6, 6.07) is 12.5. The third-order valence-corrected chi connectivity index (χ3v) is 2.69. The SMILES string of the molecule is CC(N)c1ccccc1Cc1ccncc1. The Bertz CT molecular complexity index is 449. The molecule has 0 aliphatic rings. The molecule has 16 heavy (non-hydrogen) atoms. The fraction of sp³-hybridized carbons (Fsp3) is 0.214. The Labute approximate surface area is 96.1 Å². The van der Waals surface area contributed by atoms with E-state index >= 15 is 0 Å². The van der Waals surface area contributed by atoms with E-state index in [1.165, 1.54) is 16.7 Å². The topological polar surface area (TPSA) is 38.9 Å². The lowest BCUT2D eigenvalue weighted by Crippen LogP contribution is -2.08. The van der Waals surface area contributed by atoms with Gasteiger partial charge in [-0.05, 0) is 42.2 Å². The molecule has 0 saturated carbocycles. The lowest BCUT2D eigenvalue weighted by Gasteiger charge is -2.12. The van der Waals surface area contributed by atoms with Gasteiger partial charge in [0.25, 0.3) is 0 Å². The zero-order chi connectivity index (χ0) is 11.4. The van der Waals surface area contributed by atoms with E-state index in [4.69, 9.17) is 5.73 Å². The maximum Gasteiger partial charge on any atom is 0.0270 e. The van der Waals surface area contributed by atoms with Crippen molar-refractivity contribution in [2.24, 2.45) is 5.73 Å². The molecule has 0 aliphatic heterocycles. The summed E-state index contributed by atoms with van der Waals surface area (Å²) >= 11 is 0. The van der Waals surface area contributed by atoms with Crippen molar-refractivity contribution in [2.45, 2.75) is 19.4 Å². The average molecular weight is 212 g/mol. The number of benzene rings is 1. The third kappa shape index (κ3) is 2.47. The molecule has 0 bridgehead atoms. The third-order valence-electron chi connectivity index (χ3n) is 2.69. The highest BCUT2D eigenvalue weighted by atomic mass is 14.6. The van der Waals surface area contributed by atoms with Crippen molar-refractivity contribution < 1.29 is 0 Å². The van der Waals surface area contributed by atoms with Gasteiger partial charge in [-0.1, -0.05) is 24.3 Å². The summed E-state index contributed by atoms with van der Waals surface area (Å²) < 4.78 is 0. The first-order valence-electron chi connectivity index (χ1n) is 5.49. The molecule has 2 nitrogen and oxygen atoms in total. The zero-order valence-corrected chi connectivity index (χ0v) is 9.43. The molecule has 1 heterocycles. The van der Waals surface area contributed by atoms with Gasteiger partial charge in [0.05, 0.1) is 0 Å². The molecule has 1 unspecified atom stereocenters. The molecule has 1 aromatic carbocycles. The first-order chi connectivity index (χ1) is 7.77. The zero-order valence-electron chi connectivity index (χ0n) is 9.43. The number of pyridine rings is 1. The summed E-state index contributed by atoms with van der Waals surface area (Å²) in [5.74, 6) is 0. The highest BCUT2D eigenvalue weighted by molar-refractivity contribution is 5.33. The van der Waals surface area contributed by atoms with Crippen LogP contribution in [0.1, 0.15) is 29.7 Å². The number of nitrogens with two attached hydrogens (primary N) is 1. The van der Waals surface area contributed by atoms with E-state index < -0.39 is 0 Å². The van der Waals surface area contributed by atoms with Crippen molar-refractivity contribution in [3.8, 4) is 0 Å². The van der Waals surface area contributed by atoms with Gasteiger partial charge in [0.15, 0.2) is 0 Å². The van der Waals surface area contributed by atoms with Gasteiger partial charge in [0, 0.05) is 18.4 Å². The summed E-state index contributed by atoms with van der Waals surface area (Å²) in [4.78, 5) is 4.02. The fourth-order valence-corrected chi connectivity index (χ4v) is 1.86. The molecule has 0 spiro atoms. The molecular weight excluding hydrogens is 196 g/mol. The van der Waals surface area contributed by atoms with E-state index in [9.17, 15) is 0 Å². The lowest BCUT2D eigenvalue weighted by molar-refractivity contribution is 0.804. The van der Waals surface area contributed by atoms with Crippen LogP contribution in [0.2, 0.25) is 0 Å². The summed E-state index contributed by atoms with van der Waals surface area (Å²) in [6.07, 6.45) is 4.56. The fourth-order valence-electron chi connectivity index (χ4n) is 1.86. The minimum Gasteiger partial charge on any atom is -0.324 e. The van der Waals surface area contributed by atoms with E-state index in [-0.39, 0.29) is 6.04 Å². The lowest BCUT2D eigenvalue weighted by atomic mass is 9.97.